The molecule has 0 amide bonds. The molecule has 16 heavy (non-hydrogen) atoms. The van der Waals surface area contributed by atoms with Gasteiger partial charge in [0.2, 0.25) is 0 Å². The van der Waals surface area contributed by atoms with E-state index in [1.165, 1.54) is 12.0 Å². The lowest BCUT2D eigenvalue weighted by Gasteiger charge is -2.22. The van der Waals surface area contributed by atoms with Gasteiger partial charge in [-0.05, 0) is 43.9 Å². The van der Waals surface area contributed by atoms with Crippen molar-refractivity contribution < 1.29 is 9.84 Å². The van der Waals surface area contributed by atoms with Gasteiger partial charge in [-0.2, -0.15) is 0 Å². The molecule has 1 aromatic rings. The maximum Gasteiger partial charge on any atom is 0.124 e. The van der Waals surface area contributed by atoms with Gasteiger partial charge >= 0.3 is 0 Å². The Morgan fingerprint density at radius 3 is 2.81 bits per heavy atom. The van der Waals surface area contributed by atoms with E-state index in [4.69, 9.17) is 4.74 Å². The highest BCUT2D eigenvalue weighted by atomic mass is 16.5. The molecule has 0 saturated heterocycles. The van der Waals surface area contributed by atoms with Gasteiger partial charge < -0.3 is 9.84 Å². The molecule has 0 aromatic heterocycles. The third-order valence-corrected chi connectivity index (χ3v) is 3.19. The molecule has 2 rings (SSSR count). The predicted octanol–water partition coefficient (Wildman–Crippen LogP) is 3.07. The first-order valence-electron chi connectivity index (χ1n) is 6.17. The summed E-state index contributed by atoms with van der Waals surface area (Å²) >= 11 is 0. The molecule has 1 saturated carbocycles. The summed E-state index contributed by atoms with van der Waals surface area (Å²) in [7, 11) is 0. The second kappa shape index (κ2) is 5.35. The standard InChI is InChI=1S/C14H20O2/c1-11-6-5-7-12(10-11)16-14-9-4-2-3-8-13(14)15/h5-7,10,13-15H,2-4,8-9H2,1H3. The van der Waals surface area contributed by atoms with Gasteiger partial charge in [0.05, 0.1) is 6.10 Å². The molecule has 0 heterocycles. The minimum Gasteiger partial charge on any atom is -0.488 e. The van der Waals surface area contributed by atoms with E-state index in [1.807, 2.05) is 18.2 Å². The van der Waals surface area contributed by atoms with Crippen LogP contribution in [0.1, 0.15) is 37.7 Å². The maximum absolute atomic E-state index is 9.95. The number of aryl methyl sites for hydroxylation is 1. The number of ether oxygens (including phenoxy) is 1. The minimum absolute atomic E-state index is 0.0238. The summed E-state index contributed by atoms with van der Waals surface area (Å²) in [5.41, 5.74) is 1.20. The summed E-state index contributed by atoms with van der Waals surface area (Å²) < 4.78 is 5.88. The normalized spacial score (nSPS) is 26.1. The van der Waals surface area contributed by atoms with Crippen molar-refractivity contribution in [3.05, 3.63) is 29.8 Å². The summed E-state index contributed by atoms with van der Waals surface area (Å²) in [4.78, 5) is 0. The Hall–Kier alpha value is -1.02. The van der Waals surface area contributed by atoms with Crippen LogP contribution in [0, 0.1) is 6.92 Å². The van der Waals surface area contributed by atoms with Crippen LogP contribution in [0.3, 0.4) is 0 Å². The first-order valence-corrected chi connectivity index (χ1v) is 6.17. The Morgan fingerprint density at radius 1 is 1.19 bits per heavy atom. The van der Waals surface area contributed by atoms with E-state index < -0.39 is 0 Å². The van der Waals surface area contributed by atoms with E-state index >= 15 is 0 Å². The summed E-state index contributed by atoms with van der Waals surface area (Å²) in [6.07, 6.45) is 5.01. The van der Waals surface area contributed by atoms with Crippen molar-refractivity contribution in [2.75, 3.05) is 0 Å². The van der Waals surface area contributed by atoms with Crippen molar-refractivity contribution >= 4 is 0 Å². The third kappa shape index (κ3) is 2.99. The smallest absolute Gasteiger partial charge is 0.124 e. The molecule has 0 radical (unpaired) electrons. The lowest BCUT2D eigenvalue weighted by molar-refractivity contribution is 0.0319. The summed E-state index contributed by atoms with van der Waals surface area (Å²) in [6, 6.07) is 8.03. The topological polar surface area (TPSA) is 29.5 Å². The molecule has 0 bridgehead atoms. The number of rotatable bonds is 2. The SMILES string of the molecule is Cc1cccc(OC2CCCCCC2O)c1. The average molecular weight is 220 g/mol. The van der Waals surface area contributed by atoms with Crippen LogP contribution in [0.15, 0.2) is 24.3 Å². The molecular weight excluding hydrogens is 200 g/mol. The van der Waals surface area contributed by atoms with Crippen LogP contribution in [-0.4, -0.2) is 17.3 Å². The van der Waals surface area contributed by atoms with Crippen LogP contribution in [0.25, 0.3) is 0 Å². The van der Waals surface area contributed by atoms with Gasteiger partial charge in [0.15, 0.2) is 0 Å². The predicted molar refractivity (Wildman–Crippen MR) is 64.7 cm³/mol. The largest absolute Gasteiger partial charge is 0.488 e. The first kappa shape index (κ1) is 11.5. The van der Waals surface area contributed by atoms with E-state index in [2.05, 4.69) is 13.0 Å². The lowest BCUT2D eigenvalue weighted by Crippen LogP contribution is -2.30. The van der Waals surface area contributed by atoms with Crippen LogP contribution in [-0.2, 0) is 0 Å². The van der Waals surface area contributed by atoms with Crippen LogP contribution in [0.5, 0.6) is 5.75 Å². The second-order valence-corrected chi connectivity index (χ2v) is 4.68. The average Bonchev–Trinajstić information content (AvgIpc) is 2.45. The zero-order chi connectivity index (χ0) is 11.4. The van der Waals surface area contributed by atoms with Crippen molar-refractivity contribution in [1.29, 1.82) is 0 Å². The van der Waals surface area contributed by atoms with E-state index in [0.717, 1.165) is 31.4 Å². The van der Waals surface area contributed by atoms with Gasteiger partial charge in [-0.15, -0.1) is 0 Å². The molecule has 1 aliphatic carbocycles. The number of benzene rings is 1. The fourth-order valence-electron chi connectivity index (χ4n) is 2.25. The van der Waals surface area contributed by atoms with Gasteiger partial charge in [-0.1, -0.05) is 25.0 Å². The molecule has 0 spiro atoms. The minimum atomic E-state index is -0.303. The second-order valence-electron chi connectivity index (χ2n) is 4.68. The number of aliphatic hydroxyl groups is 1. The van der Waals surface area contributed by atoms with Crippen LogP contribution < -0.4 is 4.74 Å². The first-order chi connectivity index (χ1) is 7.75. The zero-order valence-corrected chi connectivity index (χ0v) is 9.86. The molecule has 2 nitrogen and oxygen atoms in total. The molecule has 2 unspecified atom stereocenters. The fraction of sp³-hybridized carbons (Fsp3) is 0.571. The highest BCUT2D eigenvalue weighted by molar-refractivity contribution is 5.27. The maximum atomic E-state index is 9.95. The quantitative estimate of drug-likeness (QED) is 0.776. The van der Waals surface area contributed by atoms with Crippen molar-refractivity contribution in [2.45, 2.75) is 51.2 Å². The Morgan fingerprint density at radius 2 is 2.00 bits per heavy atom. The molecule has 0 aliphatic heterocycles. The molecule has 2 heteroatoms. The van der Waals surface area contributed by atoms with Crippen molar-refractivity contribution in [1.82, 2.24) is 0 Å². The van der Waals surface area contributed by atoms with Gasteiger partial charge in [-0.3, -0.25) is 0 Å². The summed E-state index contributed by atoms with van der Waals surface area (Å²) in [5.74, 6) is 0.881. The Kier molecular flexibility index (Phi) is 3.83. The molecule has 1 N–H and O–H groups in total. The molecule has 1 aromatic carbocycles. The van der Waals surface area contributed by atoms with Crippen LogP contribution in [0.2, 0.25) is 0 Å². The molecule has 88 valence electrons. The Labute approximate surface area is 97.3 Å². The summed E-state index contributed by atoms with van der Waals surface area (Å²) in [6.45, 7) is 2.05. The lowest BCUT2D eigenvalue weighted by atomic mass is 10.1. The fourth-order valence-corrected chi connectivity index (χ4v) is 2.25. The van der Waals surface area contributed by atoms with E-state index in [1.54, 1.807) is 0 Å². The molecule has 1 fully saturated rings. The van der Waals surface area contributed by atoms with Gasteiger partial charge in [0.25, 0.3) is 0 Å². The molecule has 1 aliphatic rings. The highest BCUT2D eigenvalue weighted by Gasteiger charge is 2.23. The van der Waals surface area contributed by atoms with Crippen LogP contribution >= 0.6 is 0 Å². The summed E-state index contributed by atoms with van der Waals surface area (Å²) in [5, 5.41) is 9.95. The Balaban J connectivity index is 2.02. The third-order valence-electron chi connectivity index (χ3n) is 3.19. The van der Waals surface area contributed by atoms with E-state index in [9.17, 15) is 5.11 Å². The number of aliphatic hydroxyl groups excluding tert-OH is 1. The van der Waals surface area contributed by atoms with Crippen LogP contribution in [0.4, 0.5) is 0 Å². The van der Waals surface area contributed by atoms with Gasteiger partial charge in [0.1, 0.15) is 11.9 Å². The monoisotopic (exact) mass is 220 g/mol. The van der Waals surface area contributed by atoms with Gasteiger partial charge in [-0.25, -0.2) is 0 Å². The molecular formula is C14H20O2. The number of hydrogen-bond acceptors (Lipinski definition) is 2. The number of hydrogen-bond donors (Lipinski definition) is 1. The molecule has 2 atom stereocenters. The van der Waals surface area contributed by atoms with Crippen molar-refractivity contribution in [2.24, 2.45) is 0 Å². The van der Waals surface area contributed by atoms with Gasteiger partial charge in [0, 0.05) is 0 Å². The Bertz CT molecular complexity index is 335. The van der Waals surface area contributed by atoms with Crippen molar-refractivity contribution in [3.63, 3.8) is 0 Å². The van der Waals surface area contributed by atoms with E-state index in [0.29, 0.717) is 0 Å². The zero-order valence-electron chi connectivity index (χ0n) is 9.86. The van der Waals surface area contributed by atoms with Crippen molar-refractivity contribution in [3.8, 4) is 5.75 Å². The highest BCUT2D eigenvalue weighted by Crippen LogP contribution is 2.23. The van der Waals surface area contributed by atoms with E-state index in [-0.39, 0.29) is 12.2 Å².